The highest BCUT2D eigenvalue weighted by Crippen LogP contribution is 2.28. The molecule has 16 heavy (non-hydrogen) atoms. The third kappa shape index (κ3) is 2.07. The van der Waals surface area contributed by atoms with Crippen LogP contribution in [-0.2, 0) is 4.79 Å². The zero-order valence-electron chi connectivity index (χ0n) is 9.34. The standard InChI is InChI=1S/C12H16N2O2/c1-2-11(9-4-3-5-13-7-9)14-8-10(15)6-12(14)16/h3-5,7,10-11,15H,2,6,8H2,1H3. The Labute approximate surface area is 94.9 Å². The fourth-order valence-corrected chi connectivity index (χ4v) is 2.22. The van der Waals surface area contributed by atoms with Crippen LogP contribution in [0.1, 0.15) is 31.4 Å². The zero-order valence-corrected chi connectivity index (χ0v) is 9.34. The monoisotopic (exact) mass is 220 g/mol. The first-order valence-electron chi connectivity index (χ1n) is 5.59. The van der Waals surface area contributed by atoms with E-state index in [2.05, 4.69) is 4.98 Å². The molecule has 1 amide bonds. The Kier molecular flexibility index (Phi) is 3.19. The van der Waals surface area contributed by atoms with Crippen molar-refractivity contribution in [3.05, 3.63) is 30.1 Å². The lowest BCUT2D eigenvalue weighted by Gasteiger charge is -2.26. The van der Waals surface area contributed by atoms with Gasteiger partial charge in [-0.15, -0.1) is 0 Å². The Bertz CT molecular complexity index is 367. The van der Waals surface area contributed by atoms with Crippen LogP contribution >= 0.6 is 0 Å². The number of amides is 1. The zero-order chi connectivity index (χ0) is 11.5. The predicted octanol–water partition coefficient (Wildman–Crippen LogP) is 1.13. The molecule has 0 bridgehead atoms. The van der Waals surface area contributed by atoms with Crippen LogP contribution in [-0.4, -0.2) is 33.5 Å². The number of nitrogens with zero attached hydrogens (tertiary/aromatic N) is 2. The first-order chi connectivity index (χ1) is 7.72. The van der Waals surface area contributed by atoms with Gasteiger partial charge in [-0.05, 0) is 18.1 Å². The molecule has 0 saturated carbocycles. The minimum Gasteiger partial charge on any atom is -0.391 e. The molecule has 1 aliphatic rings. The molecule has 2 heterocycles. The summed E-state index contributed by atoms with van der Waals surface area (Å²) in [7, 11) is 0. The summed E-state index contributed by atoms with van der Waals surface area (Å²) in [4.78, 5) is 17.5. The molecule has 0 aliphatic carbocycles. The maximum atomic E-state index is 11.7. The average Bonchev–Trinajstić information content (AvgIpc) is 2.61. The van der Waals surface area contributed by atoms with E-state index < -0.39 is 6.10 Å². The second kappa shape index (κ2) is 4.61. The molecule has 4 nitrogen and oxygen atoms in total. The van der Waals surface area contributed by atoms with Gasteiger partial charge in [-0.1, -0.05) is 13.0 Å². The second-order valence-electron chi connectivity index (χ2n) is 4.11. The summed E-state index contributed by atoms with van der Waals surface area (Å²) in [5.41, 5.74) is 1.03. The molecule has 0 spiro atoms. The molecule has 86 valence electrons. The van der Waals surface area contributed by atoms with E-state index in [-0.39, 0.29) is 18.4 Å². The van der Waals surface area contributed by atoms with Gasteiger partial charge in [0.05, 0.1) is 18.6 Å². The third-order valence-corrected chi connectivity index (χ3v) is 2.97. The minimum atomic E-state index is -0.516. The Morgan fingerprint density at radius 1 is 1.69 bits per heavy atom. The van der Waals surface area contributed by atoms with Crippen LogP contribution in [0.4, 0.5) is 0 Å². The van der Waals surface area contributed by atoms with Crippen LogP contribution in [0.3, 0.4) is 0 Å². The Morgan fingerprint density at radius 3 is 3.00 bits per heavy atom. The summed E-state index contributed by atoms with van der Waals surface area (Å²) in [6.45, 7) is 2.47. The number of likely N-dealkylation sites (tertiary alicyclic amines) is 1. The van der Waals surface area contributed by atoms with E-state index in [1.54, 1.807) is 17.3 Å². The minimum absolute atomic E-state index is 0.0307. The van der Waals surface area contributed by atoms with Gasteiger partial charge in [-0.25, -0.2) is 0 Å². The third-order valence-electron chi connectivity index (χ3n) is 2.97. The molecule has 4 heteroatoms. The summed E-state index contributed by atoms with van der Waals surface area (Å²) >= 11 is 0. The van der Waals surface area contributed by atoms with E-state index in [0.29, 0.717) is 6.54 Å². The number of carbonyl (C=O) groups excluding carboxylic acids is 1. The molecular formula is C12H16N2O2. The Balaban J connectivity index is 2.20. The number of aliphatic hydroxyl groups excluding tert-OH is 1. The molecule has 2 atom stereocenters. The Morgan fingerprint density at radius 2 is 2.50 bits per heavy atom. The van der Waals surface area contributed by atoms with Crippen LogP contribution in [0.2, 0.25) is 0 Å². The van der Waals surface area contributed by atoms with Crippen molar-refractivity contribution < 1.29 is 9.90 Å². The molecule has 1 aromatic heterocycles. The van der Waals surface area contributed by atoms with Gasteiger partial charge < -0.3 is 10.0 Å². The van der Waals surface area contributed by atoms with Gasteiger partial charge >= 0.3 is 0 Å². The lowest BCUT2D eigenvalue weighted by atomic mass is 10.1. The van der Waals surface area contributed by atoms with Crippen molar-refractivity contribution in [2.75, 3.05) is 6.54 Å². The summed E-state index contributed by atoms with van der Waals surface area (Å²) in [5, 5.41) is 9.48. The highest BCUT2D eigenvalue weighted by atomic mass is 16.3. The number of β-amino-alcohol motifs (C(OH)–C–C–N with tert-alkyl or cyclic N) is 1. The van der Waals surface area contributed by atoms with Crippen LogP contribution in [0.15, 0.2) is 24.5 Å². The molecule has 1 aliphatic heterocycles. The quantitative estimate of drug-likeness (QED) is 0.830. The predicted molar refractivity (Wildman–Crippen MR) is 59.6 cm³/mol. The Hall–Kier alpha value is -1.42. The SMILES string of the molecule is CCC(c1cccnc1)N1CC(O)CC1=O. The van der Waals surface area contributed by atoms with Gasteiger partial charge in [0.15, 0.2) is 0 Å². The number of hydrogen-bond donors (Lipinski definition) is 1. The lowest BCUT2D eigenvalue weighted by molar-refractivity contribution is -0.129. The van der Waals surface area contributed by atoms with Crippen molar-refractivity contribution in [2.24, 2.45) is 0 Å². The van der Waals surface area contributed by atoms with Crippen LogP contribution < -0.4 is 0 Å². The first kappa shape index (κ1) is 11.1. The number of carbonyl (C=O) groups is 1. The van der Waals surface area contributed by atoms with Crippen molar-refractivity contribution >= 4 is 5.91 Å². The molecule has 0 aromatic carbocycles. The van der Waals surface area contributed by atoms with E-state index in [4.69, 9.17) is 0 Å². The number of rotatable bonds is 3. The van der Waals surface area contributed by atoms with E-state index >= 15 is 0 Å². The van der Waals surface area contributed by atoms with E-state index in [1.165, 1.54) is 0 Å². The van der Waals surface area contributed by atoms with Crippen molar-refractivity contribution in [3.8, 4) is 0 Å². The maximum absolute atomic E-state index is 11.7. The van der Waals surface area contributed by atoms with Crippen LogP contribution in [0.25, 0.3) is 0 Å². The van der Waals surface area contributed by atoms with Crippen LogP contribution in [0.5, 0.6) is 0 Å². The fraction of sp³-hybridized carbons (Fsp3) is 0.500. The second-order valence-corrected chi connectivity index (χ2v) is 4.11. The maximum Gasteiger partial charge on any atom is 0.225 e. The van der Waals surface area contributed by atoms with E-state index in [0.717, 1.165) is 12.0 Å². The van der Waals surface area contributed by atoms with Crippen molar-refractivity contribution in [1.82, 2.24) is 9.88 Å². The highest BCUT2D eigenvalue weighted by molar-refractivity contribution is 5.79. The summed E-state index contributed by atoms with van der Waals surface area (Å²) < 4.78 is 0. The summed E-state index contributed by atoms with van der Waals surface area (Å²) in [6, 6.07) is 3.88. The molecule has 2 unspecified atom stereocenters. The first-order valence-corrected chi connectivity index (χ1v) is 5.59. The van der Waals surface area contributed by atoms with Crippen LogP contribution in [0, 0.1) is 0 Å². The number of aromatic nitrogens is 1. The molecule has 2 rings (SSSR count). The number of pyridine rings is 1. The molecule has 1 N–H and O–H groups in total. The highest BCUT2D eigenvalue weighted by Gasteiger charge is 2.33. The normalized spacial score (nSPS) is 22.5. The lowest BCUT2D eigenvalue weighted by Crippen LogP contribution is -2.30. The van der Waals surface area contributed by atoms with Crippen molar-refractivity contribution in [1.29, 1.82) is 0 Å². The van der Waals surface area contributed by atoms with Gasteiger partial charge in [-0.3, -0.25) is 9.78 Å². The fourth-order valence-electron chi connectivity index (χ4n) is 2.22. The molecule has 1 aromatic rings. The van der Waals surface area contributed by atoms with E-state index in [1.807, 2.05) is 19.1 Å². The van der Waals surface area contributed by atoms with Gasteiger partial charge in [0, 0.05) is 18.9 Å². The number of aliphatic hydroxyl groups is 1. The molecule has 0 radical (unpaired) electrons. The van der Waals surface area contributed by atoms with Gasteiger partial charge in [0.1, 0.15) is 0 Å². The largest absolute Gasteiger partial charge is 0.391 e. The molecule has 1 saturated heterocycles. The van der Waals surface area contributed by atoms with Crippen molar-refractivity contribution in [2.45, 2.75) is 31.9 Å². The number of hydrogen-bond acceptors (Lipinski definition) is 3. The van der Waals surface area contributed by atoms with Gasteiger partial charge in [-0.2, -0.15) is 0 Å². The topological polar surface area (TPSA) is 53.4 Å². The molecular weight excluding hydrogens is 204 g/mol. The van der Waals surface area contributed by atoms with E-state index in [9.17, 15) is 9.90 Å². The van der Waals surface area contributed by atoms with Gasteiger partial charge in [0.2, 0.25) is 5.91 Å². The van der Waals surface area contributed by atoms with Crippen molar-refractivity contribution in [3.63, 3.8) is 0 Å². The smallest absolute Gasteiger partial charge is 0.225 e. The van der Waals surface area contributed by atoms with Gasteiger partial charge in [0.25, 0.3) is 0 Å². The summed E-state index contributed by atoms with van der Waals surface area (Å²) in [6.07, 6.45) is 4.07. The molecule has 1 fully saturated rings. The average molecular weight is 220 g/mol. The summed E-state index contributed by atoms with van der Waals surface area (Å²) in [5.74, 6) is 0.0307.